The van der Waals surface area contributed by atoms with E-state index in [0.29, 0.717) is 23.4 Å². The van der Waals surface area contributed by atoms with Crippen LogP contribution in [0.2, 0.25) is 0 Å². The lowest BCUT2D eigenvalue weighted by Crippen LogP contribution is -2.00. The monoisotopic (exact) mass is 592 g/mol. The molecule has 0 aliphatic carbocycles. The first-order chi connectivity index (χ1) is 22.8. The van der Waals surface area contributed by atoms with Gasteiger partial charge in [0.15, 0.2) is 23.1 Å². The van der Waals surface area contributed by atoms with Gasteiger partial charge >= 0.3 is 0 Å². The molecular formula is C40H24N4O2. The minimum atomic E-state index is 0.552. The summed E-state index contributed by atoms with van der Waals surface area (Å²) in [5, 5.41) is 2.00. The summed E-state index contributed by atoms with van der Waals surface area (Å²) in [7, 11) is 0. The number of oxazole rings is 1. The highest BCUT2D eigenvalue weighted by atomic mass is 16.3. The maximum absolute atomic E-state index is 6.61. The molecule has 0 N–H and O–H groups in total. The SMILES string of the molecule is c1ccc(-c2nc(-c3ccccc3)nc(-c3cccc4c3oc3cccc(-c5ccc6oc(-c7ccccc7)nc6c5)c34)n2)cc1. The lowest BCUT2D eigenvalue weighted by atomic mass is 9.98. The van der Waals surface area contributed by atoms with E-state index in [1.54, 1.807) is 0 Å². The van der Waals surface area contributed by atoms with Crippen LogP contribution in [0.25, 0.3) is 89.8 Å². The van der Waals surface area contributed by atoms with Crippen LogP contribution in [0.15, 0.2) is 154 Å². The first-order valence-electron chi connectivity index (χ1n) is 15.1. The van der Waals surface area contributed by atoms with Crippen molar-refractivity contribution in [3.05, 3.63) is 146 Å². The molecule has 0 radical (unpaired) electrons. The molecule has 0 fully saturated rings. The van der Waals surface area contributed by atoms with Crippen LogP contribution in [0.1, 0.15) is 0 Å². The summed E-state index contributed by atoms with van der Waals surface area (Å²) < 4.78 is 12.7. The van der Waals surface area contributed by atoms with Gasteiger partial charge in [-0.15, -0.1) is 0 Å². The summed E-state index contributed by atoms with van der Waals surface area (Å²) in [5.74, 6) is 2.37. The van der Waals surface area contributed by atoms with Gasteiger partial charge in [-0.3, -0.25) is 0 Å². The van der Waals surface area contributed by atoms with Gasteiger partial charge in [-0.1, -0.05) is 109 Å². The Bertz CT molecular complexity index is 2460. The number of nitrogens with zero attached hydrogens (tertiary/aromatic N) is 4. The molecule has 6 aromatic carbocycles. The molecule has 46 heavy (non-hydrogen) atoms. The number of benzene rings is 6. The molecule has 0 spiro atoms. The standard InChI is InChI=1S/C40H24N4O2/c1-4-12-25(13-5-1)37-42-38(26-14-6-2-7-15-26)44-39(43-37)31-20-10-19-30-35-29(18-11-21-34(35)45-36(30)31)28-22-23-33-32(24-28)41-40(46-33)27-16-8-3-9-17-27/h1-24H. The molecule has 3 heterocycles. The zero-order valence-electron chi connectivity index (χ0n) is 24.5. The van der Waals surface area contributed by atoms with Gasteiger partial charge in [-0.25, -0.2) is 19.9 Å². The minimum absolute atomic E-state index is 0.552. The van der Waals surface area contributed by atoms with Gasteiger partial charge in [-0.2, -0.15) is 0 Å². The Morgan fingerprint density at radius 3 is 1.70 bits per heavy atom. The third kappa shape index (κ3) is 4.43. The van der Waals surface area contributed by atoms with Crippen LogP contribution < -0.4 is 0 Å². The second-order valence-corrected chi connectivity index (χ2v) is 11.1. The lowest BCUT2D eigenvalue weighted by Gasteiger charge is -2.08. The number of hydrogen-bond acceptors (Lipinski definition) is 6. The van der Waals surface area contributed by atoms with Crippen molar-refractivity contribution in [1.29, 1.82) is 0 Å². The highest BCUT2D eigenvalue weighted by molar-refractivity contribution is 6.15. The molecule has 6 nitrogen and oxygen atoms in total. The van der Waals surface area contributed by atoms with Crippen LogP contribution in [-0.2, 0) is 0 Å². The molecule has 0 saturated carbocycles. The molecule has 9 aromatic rings. The molecule has 0 bridgehead atoms. The molecule has 0 atom stereocenters. The second kappa shape index (κ2) is 10.6. The fourth-order valence-electron chi connectivity index (χ4n) is 5.99. The molecule has 0 amide bonds. The van der Waals surface area contributed by atoms with E-state index >= 15 is 0 Å². The fourth-order valence-corrected chi connectivity index (χ4v) is 5.99. The zero-order chi connectivity index (χ0) is 30.5. The van der Waals surface area contributed by atoms with Gasteiger partial charge in [0.1, 0.15) is 16.7 Å². The number of rotatable bonds is 5. The predicted octanol–water partition coefficient (Wildman–Crippen LogP) is 10.2. The van der Waals surface area contributed by atoms with E-state index in [0.717, 1.165) is 66.4 Å². The normalized spacial score (nSPS) is 11.5. The number of aromatic nitrogens is 4. The van der Waals surface area contributed by atoms with Crippen molar-refractivity contribution < 1.29 is 8.83 Å². The Labute approximate surface area is 263 Å². The molecule has 9 rings (SSSR count). The fraction of sp³-hybridized carbons (Fsp3) is 0. The smallest absolute Gasteiger partial charge is 0.227 e. The number of para-hydroxylation sites is 1. The number of fused-ring (bicyclic) bond motifs is 4. The van der Waals surface area contributed by atoms with Crippen molar-refractivity contribution >= 4 is 33.0 Å². The molecule has 0 aliphatic heterocycles. The minimum Gasteiger partial charge on any atom is -0.455 e. The highest BCUT2D eigenvalue weighted by Crippen LogP contribution is 2.41. The first kappa shape index (κ1) is 26.0. The van der Waals surface area contributed by atoms with E-state index in [-0.39, 0.29) is 0 Å². The van der Waals surface area contributed by atoms with Crippen LogP contribution in [0.4, 0.5) is 0 Å². The molecule has 216 valence electrons. The maximum Gasteiger partial charge on any atom is 0.227 e. The summed E-state index contributed by atoms with van der Waals surface area (Å²) in [6.07, 6.45) is 0. The zero-order valence-corrected chi connectivity index (χ0v) is 24.5. The molecule has 6 heteroatoms. The van der Waals surface area contributed by atoms with E-state index in [1.165, 1.54) is 0 Å². The van der Waals surface area contributed by atoms with E-state index in [2.05, 4.69) is 24.3 Å². The average Bonchev–Trinajstić information content (AvgIpc) is 3.74. The van der Waals surface area contributed by atoms with Crippen molar-refractivity contribution in [1.82, 2.24) is 19.9 Å². The third-order valence-corrected chi connectivity index (χ3v) is 8.18. The van der Waals surface area contributed by atoms with Gasteiger partial charge in [-0.05, 0) is 47.5 Å². The van der Waals surface area contributed by atoms with Crippen LogP contribution in [-0.4, -0.2) is 19.9 Å². The van der Waals surface area contributed by atoms with Gasteiger partial charge in [0, 0.05) is 27.5 Å². The Balaban J connectivity index is 1.22. The summed E-state index contributed by atoms with van der Waals surface area (Å²) in [5.41, 5.74) is 8.70. The predicted molar refractivity (Wildman–Crippen MR) is 182 cm³/mol. The van der Waals surface area contributed by atoms with E-state index in [9.17, 15) is 0 Å². The van der Waals surface area contributed by atoms with Gasteiger partial charge in [0.2, 0.25) is 5.89 Å². The Hall–Kier alpha value is -6.40. The van der Waals surface area contributed by atoms with Gasteiger partial charge < -0.3 is 8.83 Å². The van der Waals surface area contributed by atoms with Gasteiger partial charge in [0.05, 0.1) is 5.56 Å². The molecule has 0 unspecified atom stereocenters. The largest absolute Gasteiger partial charge is 0.455 e. The highest BCUT2D eigenvalue weighted by Gasteiger charge is 2.20. The Morgan fingerprint density at radius 1 is 0.391 bits per heavy atom. The van der Waals surface area contributed by atoms with Crippen LogP contribution >= 0.6 is 0 Å². The molecule has 0 aliphatic rings. The van der Waals surface area contributed by atoms with E-state index in [1.807, 2.05) is 121 Å². The van der Waals surface area contributed by atoms with Crippen molar-refractivity contribution in [3.8, 4) is 56.7 Å². The van der Waals surface area contributed by atoms with Crippen molar-refractivity contribution in [2.75, 3.05) is 0 Å². The van der Waals surface area contributed by atoms with E-state index < -0.39 is 0 Å². The summed E-state index contributed by atoms with van der Waals surface area (Å²) in [4.78, 5) is 19.6. The quantitative estimate of drug-likeness (QED) is 0.198. The maximum atomic E-state index is 6.61. The number of hydrogen-bond donors (Lipinski definition) is 0. The summed E-state index contributed by atoms with van der Waals surface area (Å²) >= 11 is 0. The third-order valence-electron chi connectivity index (χ3n) is 8.18. The van der Waals surface area contributed by atoms with Crippen molar-refractivity contribution in [2.24, 2.45) is 0 Å². The van der Waals surface area contributed by atoms with Crippen molar-refractivity contribution in [3.63, 3.8) is 0 Å². The molecule has 3 aromatic heterocycles. The molecular weight excluding hydrogens is 568 g/mol. The number of furan rings is 1. The average molecular weight is 593 g/mol. The Morgan fingerprint density at radius 2 is 1.00 bits per heavy atom. The first-order valence-corrected chi connectivity index (χ1v) is 15.1. The van der Waals surface area contributed by atoms with E-state index in [4.69, 9.17) is 28.8 Å². The topological polar surface area (TPSA) is 77.8 Å². The van der Waals surface area contributed by atoms with Crippen LogP contribution in [0.3, 0.4) is 0 Å². The summed E-state index contributed by atoms with van der Waals surface area (Å²) in [6, 6.07) is 48.3. The van der Waals surface area contributed by atoms with Gasteiger partial charge in [0.25, 0.3) is 0 Å². The van der Waals surface area contributed by atoms with Crippen LogP contribution in [0, 0.1) is 0 Å². The van der Waals surface area contributed by atoms with Crippen LogP contribution in [0.5, 0.6) is 0 Å². The molecule has 0 saturated heterocycles. The van der Waals surface area contributed by atoms with Crippen molar-refractivity contribution in [2.45, 2.75) is 0 Å². The second-order valence-electron chi connectivity index (χ2n) is 11.1. The Kier molecular flexibility index (Phi) is 6.03. The lowest BCUT2D eigenvalue weighted by molar-refractivity contribution is 0.620. The summed E-state index contributed by atoms with van der Waals surface area (Å²) in [6.45, 7) is 0.